The van der Waals surface area contributed by atoms with E-state index in [9.17, 15) is 9.59 Å². The number of rotatable bonds is 7. The van der Waals surface area contributed by atoms with Crippen LogP contribution in [0.3, 0.4) is 0 Å². The predicted molar refractivity (Wildman–Crippen MR) is 82.1 cm³/mol. The molecule has 0 aliphatic heterocycles. The Morgan fingerprint density at radius 1 is 1.27 bits per heavy atom. The lowest BCUT2D eigenvalue weighted by Crippen LogP contribution is -2.43. The van der Waals surface area contributed by atoms with E-state index < -0.39 is 18.1 Å². The largest absolute Gasteiger partial charge is 0.467 e. The van der Waals surface area contributed by atoms with E-state index in [-0.39, 0.29) is 12.0 Å². The Hall–Kier alpha value is -2.04. The van der Waals surface area contributed by atoms with Crippen LogP contribution in [0.2, 0.25) is 0 Å². The van der Waals surface area contributed by atoms with Gasteiger partial charge in [0.2, 0.25) is 0 Å². The second-order valence-corrected chi connectivity index (χ2v) is 5.84. The van der Waals surface area contributed by atoms with Crippen molar-refractivity contribution in [1.82, 2.24) is 5.32 Å². The van der Waals surface area contributed by atoms with Crippen molar-refractivity contribution >= 4 is 12.1 Å². The standard InChI is InChI=1S/C17H23NO4/c1-3-17(9-10-17)11-14(15(19)21-2)18-16(20)22-12-13-7-5-4-6-8-13/h4-8,14H,3,9-12H2,1-2H3,(H,18,20)/t14-/m0/s1. The fraction of sp³-hybridized carbons (Fsp3) is 0.529. The van der Waals surface area contributed by atoms with Gasteiger partial charge in [-0.3, -0.25) is 0 Å². The first kappa shape index (κ1) is 16.3. The number of carbonyl (C=O) groups is 2. The number of amides is 1. The topological polar surface area (TPSA) is 64.6 Å². The van der Waals surface area contributed by atoms with Crippen LogP contribution in [0, 0.1) is 5.41 Å². The van der Waals surface area contributed by atoms with E-state index in [2.05, 4.69) is 12.2 Å². The van der Waals surface area contributed by atoms with Crippen molar-refractivity contribution in [3.8, 4) is 0 Å². The summed E-state index contributed by atoms with van der Waals surface area (Å²) in [6.07, 6.45) is 3.21. The van der Waals surface area contributed by atoms with Crippen molar-refractivity contribution < 1.29 is 19.1 Å². The van der Waals surface area contributed by atoms with Gasteiger partial charge in [0.1, 0.15) is 12.6 Å². The molecule has 5 heteroatoms. The van der Waals surface area contributed by atoms with Gasteiger partial charge in [-0.2, -0.15) is 0 Å². The summed E-state index contributed by atoms with van der Waals surface area (Å²) in [7, 11) is 1.33. The Labute approximate surface area is 131 Å². The maximum Gasteiger partial charge on any atom is 0.408 e. The normalized spacial score (nSPS) is 16.5. The monoisotopic (exact) mass is 305 g/mol. The Kier molecular flexibility index (Phi) is 5.41. The van der Waals surface area contributed by atoms with Crippen molar-refractivity contribution in [2.45, 2.75) is 45.3 Å². The minimum Gasteiger partial charge on any atom is -0.467 e. The molecule has 0 spiro atoms. The second kappa shape index (κ2) is 7.29. The number of ether oxygens (including phenoxy) is 2. The van der Waals surface area contributed by atoms with Gasteiger partial charge in [-0.05, 0) is 30.2 Å². The molecule has 1 aliphatic carbocycles. The SMILES string of the molecule is CCC1(C[C@H](NC(=O)OCc2ccccc2)C(=O)OC)CC1. The molecule has 0 heterocycles. The highest BCUT2D eigenvalue weighted by atomic mass is 16.6. The van der Waals surface area contributed by atoms with Crippen molar-refractivity contribution in [3.63, 3.8) is 0 Å². The zero-order valence-corrected chi connectivity index (χ0v) is 13.1. The van der Waals surface area contributed by atoms with Gasteiger partial charge in [0.25, 0.3) is 0 Å². The van der Waals surface area contributed by atoms with Gasteiger partial charge >= 0.3 is 12.1 Å². The summed E-state index contributed by atoms with van der Waals surface area (Å²) in [6.45, 7) is 2.29. The van der Waals surface area contributed by atoms with Gasteiger partial charge in [-0.1, -0.05) is 43.7 Å². The van der Waals surface area contributed by atoms with Crippen LogP contribution < -0.4 is 5.32 Å². The average Bonchev–Trinajstić information content (AvgIpc) is 3.33. The van der Waals surface area contributed by atoms with Crippen molar-refractivity contribution in [1.29, 1.82) is 0 Å². The number of benzene rings is 1. The molecule has 1 N–H and O–H groups in total. The first-order valence-electron chi connectivity index (χ1n) is 7.63. The summed E-state index contributed by atoms with van der Waals surface area (Å²) in [5, 5.41) is 2.63. The molecule has 5 nitrogen and oxygen atoms in total. The number of nitrogens with one attached hydrogen (secondary N) is 1. The van der Waals surface area contributed by atoms with E-state index >= 15 is 0 Å². The number of carbonyl (C=O) groups excluding carboxylic acids is 2. The molecule has 0 saturated heterocycles. The third-order valence-corrected chi connectivity index (χ3v) is 4.33. The zero-order valence-electron chi connectivity index (χ0n) is 13.1. The maximum absolute atomic E-state index is 11.9. The van der Waals surface area contributed by atoms with E-state index in [1.54, 1.807) is 0 Å². The number of alkyl carbamates (subject to hydrolysis) is 1. The van der Waals surface area contributed by atoms with Gasteiger partial charge in [0, 0.05) is 0 Å². The molecule has 22 heavy (non-hydrogen) atoms. The summed E-state index contributed by atoms with van der Waals surface area (Å²) in [4.78, 5) is 23.8. The lowest BCUT2D eigenvalue weighted by Gasteiger charge is -2.21. The van der Waals surface area contributed by atoms with Gasteiger partial charge in [-0.15, -0.1) is 0 Å². The van der Waals surface area contributed by atoms with Gasteiger partial charge in [-0.25, -0.2) is 9.59 Å². The van der Waals surface area contributed by atoms with Crippen LogP contribution in [-0.2, 0) is 20.9 Å². The molecule has 0 unspecified atom stereocenters. The van der Waals surface area contributed by atoms with Gasteiger partial charge < -0.3 is 14.8 Å². The third kappa shape index (κ3) is 4.48. The minimum atomic E-state index is -0.643. The van der Waals surface area contributed by atoms with Crippen LogP contribution in [0.5, 0.6) is 0 Å². The van der Waals surface area contributed by atoms with Crippen LogP contribution in [-0.4, -0.2) is 25.2 Å². The van der Waals surface area contributed by atoms with Crippen LogP contribution in [0.1, 0.15) is 38.2 Å². The molecule has 1 aromatic rings. The number of hydrogen-bond donors (Lipinski definition) is 1. The number of esters is 1. The van der Waals surface area contributed by atoms with E-state index in [1.165, 1.54) is 7.11 Å². The number of methoxy groups -OCH3 is 1. The Morgan fingerprint density at radius 2 is 1.95 bits per heavy atom. The second-order valence-electron chi connectivity index (χ2n) is 5.84. The lowest BCUT2D eigenvalue weighted by molar-refractivity contribution is -0.143. The lowest BCUT2D eigenvalue weighted by atomic mass is 9.94. The molecule has 0 bridgehead atoms. The fourth-order valence-electron chi connectivity index (χ4n) is 2.55. The van der Waals surface area contributed by atoms with E-state index in [4.69, 9.17) is 9.47 Å². The molecular formula is C17H23NO4. The van der Waals surface area contributed by atoms with Gasteiger partial charge in [0.05, 0.1) is 7.11 Å². The smallest absolute Gasteiger partial charge is 0.408 e. The molecular weight excluding hydrogens is 282 g/mol. The van der Waals surface area contributed by atoms with Crippen LogP contribution in [0.25, 0.3) is 0 Å². The molecule has 1 aromatic carbocycles. The molecule has 1 amide bonds. The van der Waals surface area contributed by atoms with Gasteiger partial charge in [0.15, 0.2) is 0 Å². The average molecular weight is 305 g/mol. The molecule has 120 valence electrons. The molecule has 1 aliphatic rings. The Balaban J connectivity index is 1.86. The van der Waals surface area contributed by atoms with Crippen LogP contribution in [0.15, 0.2) is 30.3 Å². The maximum atomic E-state index is 11.9. The summed E-state index contributed by atoms with van der Waals surface area (Å²) in [6, 6.07) is 8.77. The highest BCUT2D eigenvalue weighted by Crippen LogP contribution is 2.52. The molecule has 1 fully saturated rings. The third-order valence-electron chi connectivity index (χ3n) is 4.33. The predicted octanol–water partition coefficient (Wildman–Crippen LogP) is 3.03. The molecule has 2 rings (SSSR count). The molecule has 1 atom stereocenters. The number of hydrogen-bond acceptors (Lipinski definition) is 4. The zero-order chi connectivity index (χ0) is 16.0. The van der Waals surface area contributed by atoms with E-state index in [1.807, 2.05) is 30.3 Å². The van der Waals surface area contributed by atoms with Crippen molar-refractivity contribution in [2.75, 3.05) is 7.11 Å². The minimum absolute atomic E-state index is 0.172. The first-order chi connectivity index (χ1) is 10.6. The Morgan fingerprint density at radius 3 is 2.50 bits per heavy atom. The molecule has 0 radical (unpaired) electrons. The summed E-state index contributed by atoms with van der Waals surface area (Å²) >= 11 is 0. The summed E-state index contributed by atoms with van der Waals surface area (Å²) < 4.78 is 9.95. The molecule has 1 saturated carbocycles. The quantitative estimate of drug-likeness (QED) is 0.786. The highest BCUT2D eigenvalue weighted by molar-refractivity contribution is 5.81. The van der Waals surface area contributed by atoms with Crippen molar-refractivity contribution in [2.24, 2.45) is 5.41 Å². The highest BCUT2D eigenvalue weighted by Gasteiger charge is 2.44. The van der Waals surface area contributed by atoms with E-state index in [0.29, 0.717) is 6.42 Å². The Bertz CT molecular complexity index is 511. The molecule has 0 aromatic heterocycles. The fourth-order valence-corrected chi connectivity index (χ4v) is 2.55. The van der Waals surface area contributed by atoms with Crippen LogP contribution in [0.4, 0.5) is 4.79 Å². The first-order valence-corrected chi connectivity index (χ1v) is 7.63. The summed E-state index contributed by atoms with van der Waals surface area (Å²) in [5.41, 5.74) is 1.07. The van der Waals surface area contributed by atoms with Crippen molar-refractivity contribution in [3.05, 3.63) is 35.9 Å². The van der Waals surface area contributed by atoms with E-state index in [0.717, 1.165) is 24.8 Å². The summed E-state index contributed by atoms with van der Waals surface area (Å²) in [5.74, 6) is -0.420. The van der Waals surface area contributed by atoms with Crippen LogP contribution >= 0.6 is 0 Å².